The van der Waals surface area contributed by atoms with Gasteiger partial charge in [0, 0.05) is 0 Å². The summed E-state index contributed by atoms with van der Waals surface area (Å²) in [6, 6.07) is 0. The van der Waals surface area contributed by atoms with Crippen molar-refractivity contribution in [1.29, 1.82) is 0 Å². The molecule has 0 saturated heterocycles. The minimum absolute atomic E-state index is 0.220. The molecule has 0 aliphatic carbocycles. The molecule has 5 nitrogen and oxygen atoms in total. The van der Waals surface area contributed by atoms with Gasteiger partial charge in [0.05, 0.1) is 24.0 Å². The second-order valence-corrected chi connectivity index (χ2v) is 5.69. The van der Waals surface area contributed by atoms with E-state index in [1.54, 1.807) is 0 Å². The predicted molar refractivity (Wildman–Crippen MR) is 71.4 cm³/mol. The highest BCUT2D eigenvalue weighted by molar-refractivity contribution is 5.86. The SMILES string of the molecule is CCCC(C)(O)CC(=O)OC(=O)CC(C)(O)CCC. The van der Waals surface area contributed by atoms with E-state index in [4.69, 9.17) is 0 Å². The van der Waals surface area contributed by atoms with Gasteiger partial charge in [0.25, 0.3) is 0 Å². The molecule has 0 aromatic rings. The largest absolute Gasteiger partial charge is 0.393 e. The van der Waals surface area contributed by atoms with Crippen molar-refractivity contribution in [3.05, 3.63) is 0 Å². The molecule has 0 heterocycles. The van der Waals surface area contributed by atoms with E-state index in [-0.39, 0.29) is 12.8 Å². The van der Waals surface area contributed by atoms with Crippen LogP contribution < -0.4 is 0 Å². The van der Waals surface area contributed by atoms with Gasteiger partial charge in [0.15, 0.2) is 0 Å². The molecule has 5 heteroatoms. The first-order valence-corrected chi connectivity index (χ1v) is 6.80. The normalized spacial score (nSPS) is 17.4. The fourth-order valence-electron chi connectivity index (χ4n) is 2.07. The van der Waals surface area contributed by atoms with Crippen molar-refractivity contribution in [3.63, 3.8) is 0 Å². The molecule has 2 unspecified atom stereocenters. The summed E-state index contributed by atoms with van der Waals surface area (Å²) in [6.07, 6.45) is 1.96. The Hall–Kier alpha value is -0.940. The number of rotatable bonds is 8. The van der Waals surface area contributed by atoms with Crippen molar-refractivity contribution < 1.29 is 24.5 Å². The Bertz CT molecular complexity index is 277. The van der Waals surface area contributed by atoms with Gasteiger partial charge in [-0.15, -0.1) is 0 Å². The molecule has 19 heavy (non-hydrogen) atoms. The molecule has 2 atom stereocenters. The van der Waals surface area contributed by atoms with Gasteiger partial charge in [-0.2, -0.15) is 0 Å². The Morgan fingerprint density at radius 1 is 0.895 bits per heavy atom. The Balaban J connectivity index is 4.23. The third kappa shape index (κ3) is 8.72. The minimum atomic E-state index is -1.15. The van der Waals surface area contributed by atoms with Crippen LogP contribution in [-0.2, 0) is 14.3 Å². The maximum absolute atomic E-state index is 11.5. The number of esters is 2. The van der Waals surface area contributed by atoms with Gasteiger partial charge in [-0.3, -0.25) is 9.59 Å². The lowest BCUT2D eigenvalue weighted by Gasteiger charge is -2.23. The van der Waals surface area contributed by atoms with E-state index in [2.05, 4.69) is 4.74 Å². The van der Waals surface area contributed by atoms with Crippen molar-refractivity contribution in [2.75, 3.05) is 0 Å². The van der Waals surface area contributed by atoms with Crippen molar-refractivity contribution in [3.8, 4) is 0 Å². The maximum atomic E-state index is 11.5. The lowest BCUT2D eigenvalue weighted by Crippen LogP contribution is -2.32. The standard InChI is InChI=1S/C14H26O5/c1-5-7-13(3,17)9-11(15)19-12(16)10-14(4,18)8-6-2/h17-18H,5-10H2,1-4H3. The van der Waals surface area contributed by atoms with Crippen LogP contribution in [0.1, 0.15) is 66.2 Å². The first-order valence-electron chi connectivity index (χ1n) is 6.80. The van der Waals surface area contributed by atoms with Crippen LogP contribution in [0.2, 0.25) is 0 Å². The van der Waals surface area contributed by atoms with Gasteiger partial charge in [0.2, 0.25) is 0 Å². The summed E-state index contributed by atoms with van der Waals surface area (Å²) in [5, 5.41) is 19.7. The third-order valence-corrected chi connectivity index (χ3v) is 2.86. The zero-order valence-corrected chi connectivity index (χ0v) is 12.4. The van der Waals surface area contributed by atoms with Crippen LogP contribution in [0.5, 0.6) is 0 Å². The number of carbonyl (C=O) groups is 2. The van der Waals surface area contributed by atoms with E-state index in [1.807, 2.05) is 13.8 Å². The van der Waals surface area contributed by atoms with E-state index in [0.29, 0.717) is 12.8 Å². The molecule has 0 aromatic carbocycles. The molecule has 0 fully saturated rings. The highest BCUT2D eigenvalue weighted by Crippen LogP contribution is 2.19. The van der Waals surface area contributed by atoms with Crippen LogP contribution in [0.15, 0.2) is 0 Å². The minimum Gasteiger partial charge on any atom is -0.393 e. The average Bonchev–Trinajstić information content (AvgIpc) is 2.13. The number of ether oxygens (including phenoxy) is 1. The van der Waals surface area contributed by atoms with Gasteiger partial charge < -0.3 is 14.9 Å². The maximum Gasteiger partial charge on any atom is 0.316 e. The summed E-state index contributed by atoms with van der Waals surface area (Å²) >= 11 is 0. The number of hydrogen-bond donors (Lipinski definition) is 2. The first-order chi connectivity index (χ1) is 8.62. The Morgan fingerprint density at radius 3 is 1.47 bits per heavy atom. The van der Waals surface area contributed by atoms with E-state index in [1.165, 1.54) is 13.8 Å². The summed E-state index contributed by atoms with van der Waals surface area (Å²) in [5.74, 6) is -1.51. The zero-order chi connectivity index (χ0) is 15.1. The number of aliphatic hydroxyl groups is 2. The summed E-state index contributed by atoms with van der Waals surface area (Å²) in [4.78, 5) is 23.0. The second-order valence-electron chi connectivity index (χ2n) is 5.69. The van der Waals surface area contributed by atoms with Crippen LogP contribution in [0.25, 0.3) is 0 Å². The van der Waals surface area contributed by atoms with Crippen LogP contribution in [0.4, 0.5) is 0 Å². The lowest BCUT2D eigenvalue weighted by atomic mass is 9.96. The van der Waals surface area contributed by atoms with Crippen LogP contribution >= 0.6 is 0 Å². The molecule has 0 aliphatic heterocycles. The van der Waals surface area contributed by atoms with E-state index >= 15 is 0 Å². The molecule has 0 saturated carbocycles. The van der Waals surface area contributed by atoms with E-state index in [9.17, 15) is 19.8 Å². The Labute approximate surface area is 115 Å². The lowest BCUT2D eigenvalue weighted by molar-refractivity contribution is -0.165. The molecule has 0 bridgehead atoms. The molecule has 0 aromatic heterocycles. The van der Waals surface area contributed by atoms with Crippen molar-refractivity contribution >= 4 is 11.9 Å². The molecule has 0 aliphatic rings. The van der Waals surface area contributed by atoms with Crippen molar-refractivity contribution in [2.45, 2.75) is 77.4 Å². The Kier molecular flexibility index (Phi) is 7.23. The van der Waals surface area contributed by atoms with E-state index in [0.717, 1.165) is 12.8 Å². The summed E-state index contributed by atoms with van der Waals surface area (Å²) in [5.41, 5.74) is -2.31. The quantitative estimate of drug-likeness (QED) is 0.522. The summed E-state index contributed by atoms with van der Waals surface area (Å²) in [6.45, 7) is 6.87. The third-order valence-electron chi connectivity index (χ3n) is 2.86. The molecular weight excluding hydrogens is 248 g/mol. The molecular formula is C14H26O5. The number of carbonyl (C=O) groups excluding carboxylic acids is 2. The topological polar surface area (TPSA) is 83.8 Å². The molecule has 0 radical (unpaired) electrons. The van der Waals surface area contributed by atoms with Gasteiger partial charge in [-0.05, 0) is 26.7 Å². The smallest absolute Gasteiger partial charge is 0.316 e. The predicted octanol–water partition coefficient (Wildman–Crippen LogP) is 1.94. The molecule has 0 rings (SSSR count). The fraction of sp³-hybridized carbons (Fsp3) is 0.857. The van der Waals surface area contributed by atoms with Crippen molar-refractivity contribution in [2.24, 2.45) is 0 Å². The fourth-order valence-corrected chi connectivity index (χ4v) is 2.07. The monoisotopic (exact) mass is 274 g/mol. The average molecular weight is 274 g/mol. The van der Waals surface area contributed by atoms with E-state index < -0.39 is 23.1 Å². The van der Waals surface area contributed by atoms with Crippen LogP contribution in [0.3, 0.4) is 0 Å². The summed E-state index contributed by atoms with van der Waals surface area (Å²) < 4.78 is 4.62. The van der Waals surface area contributed by atoms with Gasteiger partial charge in [0.1, 0.15) is 0 Å². The molecule has 2 N–H and O–H groups in total. The first kappa shape index (κ1) is 18.1. The van der Waals surface area contributed by atoms with Crippen molar-refractivity contribution in [1.82, 2.24) is 0 Å². The van der Waals surface area contributed by atoms with Gasteiger partial charge >= 0.3 is 11.9 Å². The molecule has 112 valence electrons. The summed E-state index contributed by atoms with van der Waals surface area (Å²) in [7, 11) is 0. The Morgan fingerprint density at radius 2 is 1.21 bits per heavy atom. The molecule has 0 amide bonds. The van der Waals surface area contributed by atoms with Gasteiger partial charge in [-0.25, -0.2) is 0 Å². The molecule has 0 spiro atoms. The highest BCUT2D eigenvalue weighted by Gasteiger charge is 2.28. The van der Waals surface area contributed by atoms with Gasteiger partial charge in [-0.1, -0.05) is 26.7 Å². The van der Waals surface area contributed by atoms with Crippen LogP contribution in [-0.4, -0.2) is 33.4 Å². The van der Waals surface area contributed by atoms with Crippen LogP contribution in [0, 0.1) is 0 Å². The second kappa shape index (κ2) is 7.60. The highest BCUT2D eigenvalue weighted by atomic mass is 16.6. The zero-order valence-electron chi connectivity index (χ0n) is 12.4. The number of hydrogen-bond acceptors (Lipinski definition) is 5.